The number of halogens is 2. The molecule has 128 valence electrons. The number of hydrogen-bond acceptors (Lipinski definition) is 4. The van der Waals surface area contributed by atoms with Gasteiger partial charge in [0, 0.05) is 0 Å². The Labute approximate surface area is 132 Å². The van der Waals surface area contributed by atoms with Gasteiger partial charge in [0.1, 0.15) is 17.9 Å². The first-order valence-electron chi connectivity index (χ1n) is 6.77. The molecule has 2 N–H and O–H groups in total. The van der Waals surface area contributed by atoms with E-state index in [2.05, 4.69) is 4.74 Å². The van der Waals surface area contributed by atoms with Crippen molar-refractivity contribution in [2.45, 2.75) is 39.4 Å². The van der Waals surface area contributed by atoms with Crippen molar-refractivity contribution in [2.24, 2.45) is 0 Å². The fourth-order valence-corrected chi connectivity index (χ4v) is 1.58. The van der Waals surface area contributed by atoms with Gasteiger partial charge in [-0.3, -0.25) is 0 Å². The van der Waals surface area contributed by atoms with Gasteiger partial charge in [-0.2, -0.15) is 8.78 Å². The molecule has 0 bridgehead atoms. The van der Waals surface area contributed by atoms with Gasteiger partial charge in [0.05, 0.1) is 5.56 Å². The largest absolute Gasteiger partial charge is 0.478 e. The number of benzene rings is 1. The average Bonchev–Trinajstić information content (AvgIpc) is 2.36. The summed E-state index contributed by atoms with van der Waals surface area (Å²) < 4.78 is 36.9. The number of carbonyl (C=O) groups excluding carboxylic acids is 1. The third kappa shape index (κ3) is 6.50. The van der Waals surface area contributed by atoms with Gasteiger partial charge < -0.3 is 19.9 Å². The van der Waals surface area contributed by atoms with Crippen LogP contribution in [0.5, 0.6) is 5.75 Å². The summed E-state index contributed by atoms with van der Waals surface area (Å²) >= 11 is 0. The highest BCUT2D eigenvalue weighted by atomic mass is 19.3. The van der Waals surface area contributed by atoms with E-state index in [0.717, 1.165) is 12.1 Å². The molecule has 0 radical (unpaired) electrons. The van der Waals surface area contributed by atoms with Crippen molar-refractivity contribution in [3.05, 3.63) is 29.3 Å². The summed E-state index contributed by atoms with van der Waals surface area (Å²) in [5, 5.41) is 10.7. The van der Waals surface area contributed by atoms with Gasteiger partial charge in [0.25, 0.3) is 0 Å². The van der Waals surface area contributed by atoms with Crippen molar-refractivity contribution in [1.82, 2.24) is 5.32 Å². The van der Waals surface area contributed by atoms with E-state index in [9.17, 15) is 18.4 Å². The van der Waals surface area contributed by atoms with Crippen LogP contribution in [0.2, 0.25) is 0 Å². The summed E-state index contributed by atoms with van der Waals surface area (Å²) in [7, 11) is 0. The SMILES string of the molecule is Cc1cc(C(=O)O)ccc1OC(F)(F)CNC(=O)OC(C)(C)C. The molecule has 0 saturated carbocycles. The van der Waals surface area contributed by atoms with E-state index in [1.54, 1.807) is 20.8 Å². The van der Waals surface area contributed by atoms with Crippen molar-refractivity contribution in [3.8, 4) is 5.75 Å². The second kappa shape index (κ2) is 6.80. The maximum absolute atomic E-state index is 13.7. The highest BCUT2D eigenvalue weighted by Gasteiger charge is 2.33. The molecule has 0 saturated heterocycles. The van der Waals surface area contributed by atoms with Gasteiger partial charge in [-0.1, -0.05) is 0 Å². The number of alkyl halides is 2. The highest BCUT2D eigenvalue weighted by molar-refractivity contribution is 5.88. The number of hydrogen-bond donors (Lipinski definition) is 2. The number of alkyl carbamates (subject to hydrolysis) is 1. The van der Waals surface area contributed by atoms with Gasteiger partial charge in [-0.25, -0.2) is 9.59 Å². The van der Waals surface area contributed by atoms with Crippen LogP contribution in [-0.4, -0.2) is 35.4 Å². The molecule has 0 heterocycles. The summed E-state index contributed by atoms with van der Waals surface area (Å²) in [4.78, 5) is 22.1. The Morgan fingerprint density at radius 2 is 1.87 bits per heavy atom. The van der Waals surface area contributed by atoms with Gasteiger partial charge >= 0.3 is 18.2 Å². The molecule has 1 rings (SSSR count). The molecule has 1 aromatic carbocycles. The molecule has 0 fully saturated rings. The smallest absolute Gasteiger partial charge is 0.415 e. The predicted molar refractivity (Wildman–Crippen MR) is 78.0 cm³/mol. The third-order valence-corrected chi connectivity index (χ3v) is 2.52. The monoisotopic (exact) mass is 331 g/mol. The van der Waals surface area contributed by atoms with E-state index in [4.69, 9.17) is 9.84 Å². The summed E-state index contributed by atoms with van der Waals surface area (Å²) in [6, 6.07) is 3.51. The van der Waals surface area contributed by atoms with Crippen molar-refractivity contribution < 1.29 is 33.0 Å². The maximum Gasteiger partial charge on any atom is 0.415 e. The fraction of sp³-hybridized carbons (Fsp3) is 0.467. The number of ether oxygens (including phenoxy) is 2. The zero-order chi connectivity index (χ0) is 17.8. The molecular formula is C15H19F2NO5. The van der Waals surface area contributed by atoms with Crippen LogP contribution in [0.25, 0.3) is 0 Å². The molecule has 0 atom stereocenters. The number of carboxylic acid groups (broad SMARTS) is 1. The molecule has 0 aliphatic heterocycles. The first-order chi connectivity index (χ1) is 10.4. The van der Waals surface area contributed by atoms with E-state index < -0.39 is 30.3 Å². The lowest BCUT2D eigenvalue weighted by atomic mass is 10.1. The van der Waals surface area contributed by atoms with Crippen LogP contribution in [0.4, 0.5) is 13.6 Å². The minimum atomic E-state index is -3.67. The Kier molecular flexibility index (Phi) is 5.52. The third-order valence-electron chi connectivity index (χ3n) is 2.52. The first kappa shape index (κ1) is 18.7. The highest BCUT2D eigenvalue weighted by Crippen LogP contribution is 2.25. The quantitative estimate of drug-likeness (QED) is 0.865. The van der Waals surface area contributed by atoms with Gasteiger partial charge in [0.15, 0.2) is 0 Å². The van der Waals surface area contributed by atoms with Gasteiger partial charge in [-0.15, -0.1) is 0 Å². The normalized spacial score (nSPS) is 11.7. The molecule has 0 aliphatic rings. The van der Waals surface area contributed by atoms with Crippen molar-refractivity contribution >= 4 is 12.1 Å². The molecule has 0 unspecified atom stereocenters. The van der Waals surface area contributed by atoms with Crippen LogP contribution in [0.15, 0.2) is 18.2 Å². The van der Waals surface area contributed by atoms with Crippen LogP contribution in [0, 0.1) is 6.92 Å². The Morgan fingerprint density at radius 1 is 1.26 bits per heavy atom. The Balaban J connectivity index is 2.68. The van der Waals surface area contributed by atoms with Crippen molar-refractivity contribution in [1.29, 1.82) is 0 Å². The molecule has 23 heavy (non-hydrogen) atoms. The van der Waals surface area contributed by atoms with E-state index in [1.807, 2.05) is 5.32 Å². The second-order valence-corrected chi connectivity index (χ2v) is 5.88. The molecule has 0 aliphatic carbocycles. The van der Waals surface area contributed by atoms with E-state index in [-0.39, 0.29) is 16.9 Å². The summed E-state index contributed by atoms with van der Waals surface area (Å²) in [6.07, 6.45) is -4.66. The topological polar surface area (TPSA) is 84.9 Å². The van der Waals surface area contributed by atoms with Crippen LogP contribution < -0.4 is 10.1 Å². The number of carbonyl (C=O) groups is 2. The van der Waals surface area contributed by atoms with Crippen LogP contribution in [0.1, 0.15) is 36.7 Å². The molecule has 0 aromatic heterocycles. The minimum absolute atomic E-state index is 0.0370. The van der Waals surface area contributed by atoms with Gasteiger partial charge in [-0.05, 0) is 51.5 Å². The zero-order valence-corrected chi connectivity index (χ0v) is 13.3. The molecule has 8 heteroatoms. The molecule has 1 amide bonds. The van der Waals surface area contributed by atoms with Crippen molar-refractivity contribution in [3.63, 3.8) is 0 Å². The standard InChI is InChI=1S/C15H19F2NO5/c1-9-7-10(12(19)20)5-6-11(9)22-15(16,17)8-18-13(21)23-14(2,3)4/h5-7H,8H2,1-4H3,(H,18,21)(H,19,20). The first-order valence-corrected chi connectivity index (χ1v) is 6.77. The summed E-state index contributed by atoms with van der Waals surface area (Å²) in [5.41, 5.74) is -0.601. The Bertz CT molecular complexity index is 596. The Morgan fingerprint density at radius 3 is 2.35 bits per heavy atom. The number of aromatic carboxylic acids is 1. The fourth-order valence-electron chi connectivity index (χ4n) is 1.58. The lowest BCUT2D eigenvalue weighted by molar-refractivity contribution is -0.171. The number of nitrogens with one attached hydrogen (secondary N) is 1. The molecule has 1 aromatic rings. The van der Waals surface area contributed by atoms with Crippen LogP contribution in [0.3, 0.4) is 0 Å². The molecular weight excluding hydrogens is 312 g/mol. The number of carboxylic acids is 1. The number of rotatable bonds is 5. The summed E-state index contributed by atoms with van der Waals surface area (Å²) in [6.45, 7) is 5.18. The zero-order valence-electron chi connectivity index (χ0n) is 13.3. The lowest BCUT2D eigenvalue weighted by Crippen LogP contribution is -2.42. The van der Waals surface area contributed by atoms with E-state index >= 15 is 0 Å². The molecule has 6 nitrogen and oxygen atoms in total. The minimum Gasteiger partial charge on any atom is -0.478 e. The molecule has 0 spiro atoms. The van der Waals surface area contributed by atoms with Gasteiger partial charge in [0.2, 0.25) is 0 Å². The van der Waals surface area contributed by atoms with E-state index in [0.29, 0.717) is 0 Å². The van der Waals surface area contributed by atoms with E-state index in [1.165, 1.54) is 13.0 Å². The number of aryl methyl sites for hydroxylation is 1. The summed E-state index contributed by atoms with van der Waals surface area (Å²) in [5.74, 6) is -1.34. The second-order valence-electron chi connectivity index (χ2n) is 5.88. The maximum atomic E-state index is 13.7. The lowest BCUT2D eigenvalue weighted by Gasteiger charge is -2.22. The Hall–Kier alpha value is -2.38. The van der Waals surface area contributed by atoms with Crippen LogP contribution >= 0.6 is 0 Å². The van der Waals surface area contributed by atoms with Crippen molar-refractivity contribution in [2.75, 3.05) is 6.54 Å². The predicted octanol–water partition coefficient (Wildman–Crippen LogP) is 3.19. The average molecular weight is 331 g/mol. The number of amides is 1. The van der Waals surface area contributed by atoms with Crippen LogP contribution in [-0.2, 0) is 4.74 Å².